The van der Waals surface area contributed by atoms with Gasteiger partial charge in [-0.3, -0.25) is 4.79 Å². The van der Waals surface area contributed by atoms with E-state index in [-0.39, 0.29) is 17.2 Å². The minimum Gasteiger partial charge on any atom is -0.354 e. The maximum absolute atomic E-state index is 11.1. The van der Waals surface area contributed by atoms with Gasteiger partial charge in [0.05, 0.1) is 0 Å². The van der Waals surface area contributed by atoms with Gasteiger partial charge in [0.25, 0.3) is 0 Å². The Bertz CT molecular complexity index is 483. The molecule has 20 heavy (non-hydrogen) atoms. The zero-order valence-electron chi connectivity index (χ0n) is 11.7. The molecule has 1 aromatic rings. The monoisotopic (exact) mass is 298 g/mol. The van der Waals surface area contributed by atoms with Crippen LogP contribution in [-0.4, -0.2) is 46.5 Å². The lowest BCUT2D eigenvalue weighted by atomic mass is 10.3. The van der Waals surface area contributed by atoms with Gasteiger partial charge in [0.2, 0.25) is 23.1 Å². The standard InChI is InChI=1S/C12H19ClN6O/c1-3-5-14-11-16-10(13)17-12(18-11)19-6-4-9(7-19)15-8(2)20/h9H,3-7H2,1-2H3,(H,15,20)(H,14,16,17,18). The molecule has 1 saturated heterocycles. The quantitative estimate of drug-likeness (QED) is 0.846. The second kappa shape index (κ2) is 6.69. The van der Waals surface area contributed by atoms with Crippen molar-refractivity contribution in [2.45, 2.75) is 32.7 Å². The average molecular weight is 299 g/mol. The molecule has 2 N–H and O–H groups in total. The van der Waals surface area contributed by atoms with Gasteiger partial charge in [-0.1, -0.05) is 6.92 Å². The highest BCUT2D eigenvalue weighted by Crippen LogP contribution is 2.19. The van der Waals surface area contributed by atoms with Crippen LogP contribution in [-0.2, 0) is 4.79 Å². The molecule has 0 aromatic carbocycles. The molecule has 1 unspecified atom stereocenters. The predicted molar refractivity (Wildman–Crippen MR) is 78.1 cm³/mol. The molecule has 2 heterocycles. The molecule has 0 saturated carbocycles. The van der Waals surface area contributed by atoms with Crippen molar-refractivity contribution in [3.8, 4) is 0 Å². The van der Waals surface area contributed by atoms with E-state index in [0.717, 1.165) is 25.9 Å². The number of halogens is 1. The van der Waals surface area contributed by atoms with Crippen molar-refractivity contribution in [2.75, 3.05) is 29.9 Å². The Kier molecular flexibility index (Phi) is 4.94. The van der Waals surface area contributed by atoms with E-state index in [2.05, 4.69) is 32.5 Å². The van der Waals surface area contributed by atoms with E-state index in [0.29, 0.717) is 18.4 Å². The zero-order valence-corrected chi connectivity index (χ0v) is 12.4. The summed E-state index contributed by atoms with van der Waals surface area (Å²) in [5.41, 5.74) is 0. The molecule has 0 spiro atoms. The summed E-state index contributed by atoms with van der Waals surface area (Å²) in [6.07, 6.45) is 1.85. The van der Waals surface area contributed by atoms with Gasteiger partial charge in [0.15, 0.2) is 0 Å². The molecule has 7 nitrogen and oxygen atoms in total. The van der Waals surface area contributed by atoms with Crippen LogP contribution in [0.25, 0.3) is 0 Å². The summed E-state index contributed by atoms with van der Waals surface area (Å²) in [6, 6.07) is 0.134. The van der Waals surface area contributed by atoms with Crippen LogP contribution in [0.4, 0.5) is 11.9 Å². The summed E-state index contributed by atoms with van der Waals surface area (Å²) >= 11 is 5.93. The first kappa shape index (κ1) is 14.8. The summed E-state index contributed by atoms with van der Waals surface area (Å²) in [5.74, 6) is 1.03. The van der Waals surface area contributed by atoms with Crippen molar-refractivity contribution in [1.82, 2.24) is 20.3 Å². The first-order valence-corrected chi connectivity index (χ1v) is 7.13. The van der Waals surface area contributed by atoms with Crippen LogP contribution in [0.5, 0.6) is 0 Å². The first-order valence-electron chi connectivity index (χ1n) is 6.76. The Balaban J connectivity index is 2.05. The fourth-order valence-corrected chi connectivity index (χ4v) is 2.30. The molecule has 110 valence electrons. The third-order valence-electron chi connectivity index (χ3n) is 3.01. The minimum atomic E-state index is -0.0177. The van der Waals surface area contributed by atoms with Gasteiger partial charge in [-0.25, -0.2) is 0 Å². The number of hydrogen-bond acceptors (Lipinski definition) is 6. The number of aromatic nitrogens is 3. The van der Waals surface area contributed by atoms with Crippen LogP contribution in [0.1, 0.15) is 26.7 Å². The normalized spacial score (nSPS) is 18.1. The van der Waals surface area contributed by atoms with Crippen molar-refractivity contribution in [1.29, 1.82) is 0 Å². The van der Waals surface area contributed by atoms with Crippen LogP contribution >= 0.6 is 11.6 Å². The van der Waals surface area contributed by atoms with Crippen LogP contribution in [0, 0.1) is 0 Å². The number of anilines is 2. The highest BCUT2D eigenvalue weighted by atomic mass is 35.5. The van der Waals surface area contributed by atoms with Gasteiger partial charge in [0.1, 0.15) is 0 Å². The Morgan fingerprint density at radius 3 is 2.95 bits per heavy atom. The molecule has 0 bridgehead atoms. The van der Waals surface area contributed by atoms with Crippen LogP contribution in [0.3, 0.4) is 0 Å². The van der Waals surface area contributed by atoms with E-state index in [1.54, 1.807) is 0 Å². The van der Waals surface area contributed by atoms with Gasteiger partial charge in [-0.05, 0) is 24.4 Å². The van der Waals surface area contributed by atoms with E-state index >= 15 is 0 Å². The molecular weight excluding hydrogens is 280 g/mol. The summed E-state index contributed by atoms with van der Waals surface area (Å²) in [5, 5.41) is 6.18. The largest absolute Gasteiger partial charge is 0.354 e. The first-order chi connectivity index (χ1) is 9.58. The number of carbonyl (C=O) groups is 1. The summed E-state index contributed by atoms with van der Waals surface area (Å²) in [6.45, 7) is 5.85. The molecule has 1 aliphatic rings. The van der Waals surface area contributed by atoms with E-state index in [1.807, 2.05) is 4.90 Å². The molecule has 1 amide bonds. The number of amides is 1. The number of nitrogens with zero attached hydrogens (tertiary/aromatic N) is 4. The molecule has 1 fully saturated rings. The summed E-state index contributed by atoms with van der Waals surface area (Å²) in [7, 11) is 0. The lowest BCUT2D eigenvalue weighted by Crippen LogP contribution is -2.36. The number of rotatable bonds is 5. The van der Waals surface area contributed by atoms with Gasteiger partial charge in [-0.2, -0.15) is 15.0 Å². The van der Waals surface area contributed by atoms with Crippen molar-refractivity contribution in [2.24, 2.45) is 0 Å². The van der Waals surface area contributed by atoms with E-state index in [1.165, 1.54) is 6.92 Å². The zero-order chi connectivity index (χ0) is 14.5. The van der Waals surface area contributed by atoms with E-state index in [9.17, 15) is 4.79 Å². The highest BCUT2D eigenvalue weighted by Gasteiger charge is 2.25. The third-order valence-corrected chi connectivity index (χ3v) is 3.18. The van der Waals surface area contributed by atoms with Crippen LogP contribution in [0.2, 0.25) is 5.28 Å². The topological polar surface area (TPSA) is 83.0 Å². The van der Waals surface area contributed by atoms with Gasteiger partial charge < -0.3 is 15.5 Å². The van der Waals surface area contributed by atoms with Gasteiger partial charge in [-0.15, -0.1) is 0 Å². The molecule has 8 heteroatoms. The second-order valence-electron chi connectivity index (χ2n) is 4.79. The van der Waals surface area contributed by atoms with Crippen LogP contribution < -0.4 is 15.5 Å². The van der Waals surface area contributed by atoms with Gasteiger partial charge >= 0.3 is 0 Å². The van der Waals surface area contributed by atoms with Crippen molar-refractivity contribution in [3.05, 3.63) is 5.28 Å². The maximum Gasteiger partial charge on any atom is 0.231 e. The van der Waals surface area contributed by atoms with E-state index in [4.69, 9.17) is 11.6 Å². The Morgan fingerprint density at radius 1 is 1.45 bits per heavy atom. The summed E-state index contributed by atoms with van der Waals surface area (Å²) < 4.78 is 0. The van der Waals surface area contributed by atoms with Crippen LogP contribution in [0.15, 0.2) is 0 Å². The van der Waals surface area contributed by atoms with Crippen molar-refractivity contribution < 1.29 is 4.79 Å². The second-order valence-corrected chi connectivity index (χ2v) is 5.13. The molecule has 1 aromatic heterocycles. The minimum absolute atomic E-state index is 0.0177. The lowest BCUT2D eigenvalue weighted by molar-refractivity contribution is -0.119. The van der Waals surface area contributed by atoms with Crippen molar-refractivity contribution >= 4 is 29.4 Å². The molecular formula is C12H19ClN6O. The Morgan fingerprint density at radius 2 is 2.25 bits per heavy atom. The molecule has 1 atom stereocenters. The highest BCUT2D eigenvalue weighted by molar-refractivity contribution is 6.28. The molecule has 2 rings (SSSR count). The lowest BCUT2D eigenvalue weighted by Gasteiger charge is -2.17. The average Bonchev–Trinajstić information content (AvgIpc) is 2.83. The molecule has 0 aliphatic carbocycles. The molecule has 0 radical (unpaired) electrons. The number of hydrogen-bond donors (Lipinski definition) is 2. The number of carbonyl (C=O) groups excluding carboxylic acids is 1. The fourth-order valence-electron chi connectivity index (χ4n) is 2.14. The van der Waals surface area contributed by atoms with Gasteiger partial charge in [0, 0.05) is 32.6 Å². The SMILES string of the molecule is CCCNc1nc(Cl)nc(N2CCC(NC(C)=O)C2)n1. The molecule has 1 aliphatic heterocycles. The summed E-state index contributed by atoms with van der Waals surface area (Å²) in [4.78, 5) is 25.6. The maximum atomic E-state index is 11.1. The number of nitrogens with one attached hydrogen (secondary N) is 2. The Labute approximate surface area is 123 Å². The predicted octanol–water partition coefficient (Wildman–Crippen LogP) is 1.06. The van der Waals surface area contributed by atoms with Crippen molar-refractivity contribution in [3.63, 3.8) is 0 Å². The van der Waals surface area contributed by atoms with E-state index < -0.39 is 0 Å². The fraction of sp³-hybridized carbons (Fsp3) is 0.667. The smallest absolute Gasteiger partial charge is 0.231 e. The third kappa shape index (κ3) is 3.93. The Hall–Kier alpha value is -1.63.